The van der Waals surface area contributed by atoms with Gasteiger partial charge in [-0.15, -0.1) is 0 Å². The van der Waals surface area contributed by atoms with Gasteiger partial charge in [0, 0.05) is 24.0 Å². The third-order valence-corrected chi connectivity index (χ3v) is 3.22. The lowest BCUT2D eigenvalue weighted by atomic mass is 10.1. The average Bonchev–Trinajstić information content (AvgIpc) is 2.55. The van der Waals surface area contributed by atoms with Crippen LogP contribution in [-0.4, -0.2) is 9.97 Å². The highest BCUT2D eigenvalue weighted by molar-refractivity contribution is 5.62. The SMILES string of the molecule is Cc1ccc(-c2ccc(OCc3ccccn3)nc2)cc1. The summed E-state index contributed by atoms with van der Waals surface area (Å²) in [5, 5.41) is 0. The standard InChI is InChI=1S/C18H16N2O/c1-14-5-7-15(8-6-14)16-9-10-18(20-12-16)21-13-17-4-2-3-11-19-17/h2-12H,13H2,1H3. The molecule has 104 valence electrons. The maximum Gasteiger partial charge on any atom is 0.213 e. The van der Waals surface area contributed by atoms with Crippen molar-refractivity contribution in [1.82, 2.24) is 9.97 Å². The molecule has 0 unspecified atom stereocenters. The van der Waals surface area contributed by atoms with E-state index in [1.165, 1.54) is 5.56 Å². The molecule has 0 fully saturated rings. The molecule has 0 saturated carbocycles. The van der Waals surface area contributed by atoms with Gasteiger partial charge in [-0.3, -0.25) is 4.98 Å². The average molecular weight is 276 g/mol. The lowest BCUT2D eigenvalue weighted by Gasteiger charge is -2.06. The van der Waals surface area contributed by atoms with Crippen molar-refractivity contribution in [2.75, 3.05) is 0 Å². The molecule has 0 bridgehead atoms. The van der Waals surface area contributed by atoms with E-state index in [9.17, 15) is 0 Å². The van der Waals surface area contributed by atoms with Gasteiger partial charge >= 0.3 is 0 Å². The van der Waals surface area contributed by atoms with Crippen molar-refractivity contribution >= 4 is 0 Å². The summed E-state index contributed by atoms with van der Waals surface area (Å²) >= 11 is 0. The largest absolute Gasteiger partial charge is 0.471 e. The van der Waals surface area contributed by atoms with E-state index < -0.39 is 0 Å². The van der Waals surface area contributed by atoms with Crippen molar-refractivity contribution in [1.29, 1.82) is 0 Å². The number of ether oxygens (including phenoxy) is 1. The molecule has 3 rings (SSSR count). The fourth-order valence-corrected chi connectivity index (χ4v) is 2.01. The summed E-state index contributed by atoms with van der Waals surface area (Å²) in [5.74, 6) is 0.608. The van der Waals surface area contributed by atoms with Gasteiger partial charge in [0.2, 0.25) is 5.88 Å². The van der Waals surface area contributed by atoms with E-state index in [-0.39, 0.29) is 0 Å². The number of aryl methyl sites for hydroxylation is 1. The molecule has 2 heterocycles. The molecule has 0 atom stereocenters. The molecule has 3 nitrogen and oxygen atoms in total. The first-order chi connectivity index (χ1) is 10.3. The van der Waals surface area contributed by atoms with Crippen LogP contribution in [0.4, 0.5) is 0 Å². The Morgan fingerprint density at radius 3 is 2.33 bits per heavy atom. The van der Waals surface area contributed by atoms with E-state index in [2.05, 4.69) is 41.2 Å². The summed E-state index contributed by atoms with van der Waals surface area (Å²) in [6, 6.07) is 18.1. The van der Waals surface area contributed by atoms with Crippen LogP contribution in [0.15, 0.2) is 67.0 Å². The second-order valence-corrected chi connectivity index (χ2v) is 4.86. The van der Waals surface area contributed by atoms with Crippen LogP contribution in [0.25, 0.3) is 11.1 Å². The summed E-state index contributed by atoms with van der Waals surface area (Å²) < 4.78 is 5.63. The quantitative estimate of drug-likeness (QED) is 0.721. The fraction of sp³-hybridized carbons (Fsp3) is 0.111. The molecule has 2 aromatic heterocycles. The molecule has 3 aromatic rings. The molecule has 0 aliphatic heterocycles. The zero-order valence-electron chi connectivity index (χ0n) is 11.9. The van der Waals surface area contributed by atoms with Crippen molar-refractivity contribution in [2.24, 2.45) is 0 Å². The van der Waals surface area contributed by atoms with E-state index in [0.29, 0.717) is 12.5 Å². The molecule has 0 aliphatic rings. The number of hydrogen-bond acceptors (Lipinski definition) is 3. The van der Waals surface area contributed by atoms with Crippen LogP contribution >= 0.6 is 0 Å². The molecule has 21 heavy (non-hydrogen) atoms. The van der Waals surface area contributed by atoms with Gasteiger partial charge in [0.15, 0.2) is 0 Å². The Balaban J connectivity index is 1.68. The number of hydrogen-bond donors (Lipinski definition) is 0. The minimum atomic E-state index is 0.428. The second-order valence-electron chi connectivity index (χ2n) is 4.86. The Kier molecular flexibility index (Phi) is 3.92. The minimum absolute atomic E-state index is 0.428. The number of pyridine rings is 2. The van der Waals surface area contributed by atoms with Gasteiger partial charge in [-0.1, -0.05) is 35.9 Å². The number of rotatable bonds is 4. The lowest BCUT2D eigenvalue weighted by molar-refractivity contribution is 0.289. The molecule has 0 amide bonds. The topological polar surface area (TPSA) is 35.0 Å². The minimum Gasteiger partial charge on any atom is -0.471 e. The van der Waals surface area contributed by atoms with Crippen molar-refractivity contribution in [3.8, 4) is 17.0 Å². The monoisotopic (exact) mass is 276 g/mol. The molecule has 1 aromatic carbocycles. The van der Waals surface area contributed by atoms with Crippen molar-refractivity contribution in [2.45, 2.75) is 13.5 Å². The van der Waals surface area contributed by atoms with Gasteiger partial charge in [-0.05, 0) is 30.7 Å². The van der Waals surface area contributed by atoms with Gasteiger partial charge in [-0.25, -0.2) is 4.98 Å². The van der Waals surface area contributed by atoms with Crippen molar-refractivity contribution in [3.05, 3.63) is 78.2 Å². The smallest absolute Gasteiger partial charge is 0.213 e. The van der Waals surface area contributed by atoms with Crippen LogP contribution in [0, 0.1) is 6.92 Å². The van der Waals surface area contributed by atoms with Crippen molar-refractivity contribution in [3.63, 3.8) is 0 Å². The molecular weight excluding hydrogens is 260 g/mol. The fourth-order valence-electron chi connectivity index (χ4n) is 2.01. The van der Waals surface area contributed by atoms with Crippen LogP contribution in [0.3, 0.4) is 0 Å². The maximum atomic E-state index is 5.63. The molecule has 0 radical (unpaired) electrons. The number of aromatic nitrogens is 2. The van der Waals surface area contributed by atoms with Gasteiger partial charge in [0.05, 0.1) is 5.69 Å². The van der Waals surface area contributed by atoms with Crippen LogP contribution in [0.2, 0.25) is 0 Å². The first-order valence-corrected chi connectivity index (χ1v) is 6.87. The summed E-state index contributed by atoms with van der Waals surface area (Å²) in [6.45, 7) is 2.51. The molecule has 0 N–H and O–H groups in total. The van der Waals surface area contributed by atoms with E-state index in [4.69, 9.17) is 4.74 Å². The lowest BCUT2D eigenvalue weighted by Crippen LogP contribution is -1.98. The Bertz CT molecular complexity index is 692. The summed E-state index contributed by atoms with van der Waals surface area (Å²) in [4.78, 5) is 8.56. The van der Waals surface area contributed by atoms with Crippen molar-refractivity contribution < 1.29 is 4.74 Å². The molecule has 3 heteroatoms. The van der Waals surface area contributed by atoms with Gasteiger partial charge in [0.25, 0.3) is 0 Å². The number of nitrogens with zero attached hydrogens (tertiary/aromatic N) is 2. The Morgan fingerprint density at radius 2 is 1.67 bits per heavy atom. The Morgan fingerprint density at radius 1 is 0.857 bits per heavy atom. The van der Waals surface area contributed by atoms with Gasteiger partial charge in [-0.2, -0.15) is 0 Å². The predicted octanol–water partition coefficient (Wildman–Crippen LogP) is 4.03. The van der Waals surface area contributed by atoms with Crippen LogP contribution in [0.1, 0.15) is 11.3 Å². The second kappa shape index (κ2) is 6.18. The summed E-state index contributed by atoms with van der Waals surface area (Å²) in [7, 11) is 0. The van der Waals surface area contributed by atoms with Crippen LogP contribution in [-0.2, 0) is 6.61 Å². The van der Waals surface area contributed by atoms with E-state index >= 15 is 0 Å². The molecule has 0 saturated heterocycles. The highest BCUT2D eigenvalue weighted by Crippen LogP contribution is 2.20. The summed E-state index contributed by atoms with van der Waals surface area (Å²) in [6.07, 6.45) is 3.59. The van der Waals surface area contributed by atoms with Gasteiger partial charge in [0.1, 0.15) is 6.61 Å². The predicted molar refractivity (Wildman–Crippen MR) is 83.0 cm³/mol. The van der Waals surface area contributed by atoms with Gasteiger partial charge < -0.3 is 4.74 Å². The number of benzene rings is 1. The third kappa shape index (κ3) is 3.45. The van der Waals surface area contributed by atoms with E-state index in [0.717, 1.165) is 16.8 Å². The van der Waals surface area contributed by atoms with Crippen LogP contribution in [0.5, 0.6) is 5.88 Å². The zero-order valence-corrected chi connectivity index (χ0v) is 11.9. The highest BCUT2D eigenvalue weighted by atomic mass is 16.5. The molecule has 0 aliphatic carbocycles. The third-order valence-electron chi connectivity index (χ3n) is 3.22. The van der Waals surface area contributed by atoms with E-state index in [1.54, 1.807) is 6.20 Å². The molecule has 0 spiro atoms. The zero-order chi connectivity index (χ0) is 14.5. The maximum absolute atomic E-state index is 5.63. The normalized spacial score (nSPS) is 10.3. The highest BCUT2D eigenvalue weighted by Gasteiger charge is 2.01. The van der Waals surface area contributed by atoms with Crippen LogP contribution < -0.4 is 4.74 Å². The first-order valence-electron chi connectivity index (χ1n) is 6.87. The summed E-state index contributed by atoms with van der Waals surface area (Å²) in [5.41, 5.74) is 4.38. The first kappa shape index (κ1) is 13.3. The Hall–Kier alpha value is -2.68. The van der Waals surface area contributed by atoms with E-state index in [1.807, 2.05) is 36.5 Å². The Labute approximate surface area is 124 Å². The molecular formula is C18H16N2O.